The third-order valence-corrected chi connectivity index (χ3v) is 5.10. The van der Waals surface area contributed by atoms with Gasteiger partial charge in [0.25, 0.3) is 0 Å². The van der Waals surface area contributed by atoms with Crippen LogP contribution < -0.4 is 5.73 Å². The Bertz CT molecular complexity index is 1020. The van der Waals surface area contributed by atoms with Gasteiger partial charge in [-0.3, -0.25) is 14.8 Å². The summed E-state index contributed by atoms with van der Waals surface area (Å²) in [5.41, 5.74) is 13.3. The molecule has 0 unspecified atom stereocenters. The minimum atomic E-state index is -0.363. The molecule has 1 aliphatic rings. The lowest BCUT2D eigenvalue weighted by Gasteiger charge is -2.14. The standard InChI is InChI=1S/C23H21N3O/c1-15-21-11-18(7-8-19(21)14-26-15)20-9-16(12-25-13-20)10-22(23(24)27)17-5-3-2-4-6-17/h2-9,11-13,22H,10,14H2,1H3,(H2,24,27)/t22-/m0/s1. The number of hydrogen-bond donors (Lipinski definition) is 1. The first-order valence-electron chi connectivity index (χ1n) is 9.05. The fourth-order valence-corrected chi connectivity index (χ4v) is 3.58. The maximum absolute atomic E-state index is 12.0. The van der Waals surface area contributed by atoms with Gasteiger partial charge in [0.2, 0.25) is 5.91 Å². The summed E-state index contributed by atoms with van der Waals surface area (Å²) in [5.74, 6) is -0.686. The Balaban J connectivity index is 1.64. The zero-order chi connectivity index (χ0) is 18.8. The second kappa shape index (κ2) is 7.16. The van der Waals surface area contributed by atoms with Crippen LogP contribution >= 0.6 is 0 Å². The third kappa shape index (κ3) is 3.51. The van der Waals surface area contributed by atoms with Crippen LogP contribution in [-0.4, -0.2) is 16.6 Å². The van der Waals surface area contributed by atoms with Crippen molar-refractivity contribution in [2.24, 2.45) is 10.7 Å². The number of carbonyl (C=O) groups excluding carboxylic acids is 1. The minimum absolute atomic E-state index is 0.323. The smallest absolute Gasteiger partial charge is 0.225 e. The highest BCUT2D eigenvalue weighted by molar-refractivity contribution is 6.02. The van der Waals surface area contributed by atoms with Crippen LogP contribution in [0.3, 0.4) is 0 Å². The highest BCUT2D eigenvalue weighted by Crippen LogP contribution is 2.28. The van der Waals surface area contributed by atoms with Crippen molar-refractivity contribution in [2.45, 2.75) is 25.8 Å². The largest absolute Gasteiger partial charge is 0.369 e. The van der Waals surface area contributed by atoms with Crippen LogP contribution in [0.4, 0.5) is 0 Å². The Morgan fingerprint density at radius 1 is 1.07 bits per heavy atom. The number of hydrogen-bond acceptors (Lipinski definition) is 3. The first kappa shape index (κ1) is 17.2. The van der Waals surface area contributed by atoms with E-state index in [1.807, 2.05) is 49.6 Å². The average molecular weight is 355 g/mol. The van der Waals surface area contributed by atoms with Gasteiger partial charge in [0, 0.05) is 29.2 Å². The van der Waals surface area contributed by atoms with E-state index in [-0.39, 0.29) is 11.8 Å². The van der Waals surface area contributed by atoms with Gasteiger partial charge >= 0.3 is 0 Å². The normalized spacial score (nSPS) is 13.7. The van der Waals surface area contributed by atoms with E-state index >= 15 is 0 Å². The van der Waals surface area contributed by atoms with Crippen molar-refractivity contribution in [3.63, 3.8) is 0 Å². The maximum Gasteiger partial charge on any atom is 0.225 e. The van der Waals surface area contributed by atoms with Gasteiger partial charge < -0.3 is 5.73 Å². The molecule has 2 N–H and O–H groups in total. The lowest BCUT2D eigenvalue weighted by Crippen LogP contribution is -2.23. The van der Waals surface area contributed by atoms with Crippen molar-refractivity contribution in [2.75, 3.05) is 0 Å². The van der Waals surface area contributed by atoms with Gasteiger partial charge in [0.15, 0.2) is 0 Å². The number of rotatable bonds is 5. The fraction of sp³-hybridized carbons (Fsp3) is 0.174. The Morgan fingerprint density at radius 2 is 1.89 bits per heavy atom. The lowest BCUT2D eigenvalue weighted by atomic mass is 9.91. The van der Waals surface area contributed by atoms with Crippen LogP contribution in [0.2, 0.25) is 0 Å². The molecule has 2 heterocycles. The number of fused-ring (bicyclic) bond motifs is 1. The Morgan fingerprint density at radius 3 is 2.67 bits per heavy atom. The van der Waals surface area contributed by atoms with Gasteiger partial charge in [-0.2, -0.15) is 0 Å². The first-order valence-corrected chi connectivity index (χ1v) is 9.05. The molecule has 1 atom stereocenters. The van der Waals surface area contributed by atoms with E-state index in [0.29, 0.717) is 6.42 Å². The van der Waals surface area contributed by atoms with Crippen molar-refractivity contribution >= 4 is 11.6 Å². The summed E-state index contributed by atoms with van der Waals surface area (Å²) in [6, 6.07) is 18.2. The second-order valence-electron chi connectivity index (χ2n) is 6.93. The number of benzene rings is 2. The molecule has 0 aliphatic carbocycles. The van der Waals surface area contributed by atoms with Gasteiger partial charge in [-0.25, -0.2) is 0 Å². The number of aliphatic imine (C=N–C) groups is 1. The van der Waals surface area contributed by atoms with Crippen molar-refractivity contribution in [3.8, 4) is 11.1 Å². The molecular weight excluding hydrogens is 334 g/mol. The van der Waals surface area contributed by atoms with Gasteiger partial charge in [-0.15, -0.1) is 0 Å². The molecule has 1 amide bonds. The summed E-state index contributed by atoms with van der Waals surface area (Å²) in [6.07, 6.45) is 4.20. The molecule has 3 aromatic rings. The molecule has 4 rings (SSSR count). The summed E-state index contributed by atoms with van der Waals surface area (Å²) in [4.78, 5) is 20.9. The van der Waals surface area contributed by atoms with E-state index < -0.39 is 0 Å². The molecule has 0 spiro atoms. The number of pyridine rings is 1. The molecule has 0 fully saturated rings. The number of carbonyl (C=O) groups is 1. The van der Waals surface area contributed by atoms with Gasteiger partial charge in [0.05, 0.1) is 12.5 Å². The first-order chi connectivity index (χ1) is 13.1. The molecule has 1 aliphatic heterocycles. The number of aromatic nitrogens is 1. The Labute approximate surface area is 158 Å². The van der Waals surface area contributed by atoms with Crippen molar-refractivity contribution < 1.29 is 4.79 Å². The molecule has 0 radical (unpaired) electrons. The topological polar surface area (TPSA) is 68.3 Å². The molecule has 27 heavy (non-hydrogen) atoms. The summed E-state index contributed by atoms with van der Waals surface area (Å²) < 4.78 is 0. The fourth-order valence-electron chi connectivity index (χ4n) is 3.58. The van der Waals surface area contributed by atoms with E-state index in [0.717, 1.165) is 34.5 Å². The molecule has 2 aromatic carbocycles. The Hall–Kier alpha value is -3.27. The van der Waals surface area contributed by atoms with Crippen LogP contribution in [0.15, 0.2) is 72.0 Å². The van der Waals surface area contributed by atoms with E-state index in [4.69, 9.17) is 5.73 Å². The van der Waals surface area contributed by atoms with E-state index in [1.165, 1.54) is 11.1 Å². The SMILES string of the molecule is CC1=NCc2ccc(-c3cncc(C[C@H](C(N)=O)c4ccccc4)c3)cc21. The minimum Gasteiger partial charge on any atom is -0.369 e. The third-order valence-electron chi connectivity index (χ3n) is 5.10. The van der Waals surface area contributed by atoms with Crippen LogP contribution in [0.25, 0.3) is 11.1 Å². The van der Waals surface area contributed by atoms with Gasteiger partial charge in [-0.05, 0) is 47.7 Å². The molecule has 0 bridgehead atoms. The summed E-state index contributed by atoms with van der Waals surface area (Å²) in [6.45, 7) is 2.80. The molecule has 4 nitrogen and oxygen atoms in total. The van der Waals surface area contributed by atoms with E-state index in [9.17, 15) is 4.79 Å². The van der Waals surface area contributed by atoms with Crippen LogP contribution in [0.5, 0.6) is 0 Å². The summed E-state index contributed by atoms with van der Waals surface area (Å²) >= 11 is 0. The molecule has 0 saturated heterocycles. The molecule has 4 heteroatoms. The van der Waals surface area contributed by atoms with Crippen LogP contribution in [-0.2, 0) is 17.8 Å². The highest BCUT2D eigenvalue weighted by atomic mass is 16.1. The summed E-state index contributed by atoms with van der Waals surface area (Å²) in [7, 11) is 0. The number of nitrogens with zero attached hydrogens (tertiary/aromatic N) is 2. The molecular formula is C23H21N3O. The number of amides is 1. The van der Waals surface area contributed by atoms with E-state index in [1.54, 1.807) is 0 Å². The zero-order valence-electron chi connectivity index (χ0n) is 15.2. The van der Waals surface area contributed by atoms with Crippen LogP contribution in [0.1, 0.15) is 35.1 Å². The maximum atomic E-state index is 12.0. The molecule has 134 valence electrons. The van der Waals surface area contributed by atoms with Crippen LogP contribution in [0, 0.1) is 0 Å². The van der Waals surface area contributed by atoms with Crippen molar-refractivity contribution in [1.82, 2.24) is 4.98 Å². The summed E-state index contributed by atoms with van der Waals surface area (Å²) in [5, 5.41) is 0. The quantitative estimate of drug-likeness (QED) is 0.754. The van der Waals surface area contributed by atoms with Crippen molar-refractivity contribution in [1.29, 1.82) is 0 Å². The average Bonchev–Trinajstić information content (AvgIpc) is 3.07. The lowest BCUT2D eigenvalue weighted by molar-refractivity contribution is -0.119. The molecule has 0 saturated carbocycles. The monoisotopic (exact) mass is 355 g/mol. The Kier molecular flexibility index (Phi) is 4.55. The highest BCUT2D eigenvalue weighted by Gasteiger charge is 2.19. The van der Waals surface area contributed by atoms with Gasteiger partial charge in [0.1, 0.15) is 0 Å². The van der Waals surface area contributed by atoms with E-state index in [2.05, 4.69) is 34.2 Å². The number of primary amides is 1. The van der Waals surface area contributed by atoms with Crippen molar-refractivity contribution in [3.05, 3.63) is 89.2 Å². The number of nitrogens with two attached hydrogens (primary N) is 1. The second-order valence-corrected chi connectivity index (χ2v) is 6.93. The zero-order valence-corrected chi connectivity index (χ0v) is 15.2. The van der Waals surface area contributed by atoms with Gasteiger partial charge in [-0.1, -0.05) is 42.5 Å². The predicted molar refractivity (Wildman–Crippen MR) is 108 cm³/mol. The molecule has 1 aromatic heterocycles. The predicted octanol–water partition coefficient (Wildman–Crippen LogP) is 3.88.